The molecule has 0 fully saturated rings. The van der Waals surface area contributed by atoms with Crippen LogP contribution >= 0.6 is 0 Å². The van der Waals surface area contributed by atoms with Gasteiger partial charge in [0, 0.05) is 6.92 Å². The molecule has 0 aliphatic heterocycles. The zero-order chi connectivity index (χ0) is 13.8. The Balaban J connectivity index is 2.29. The first-order valence-electron chi connectivity index (χ1n) is 5.84. The summed E-state index contributed by atoms with van der Waals surface area (Å²) in [4.78, 5) is 22.2. The minimum absolute atomic E-state index is 0.254. The van der Waals surface area contributed by atoms with Gasteiger partial charge in [-0.05, 0) is 34.5 Å². The van der Waals surface area contributed by atoms with Crippen molar-refractivity contribution in [2.75, 3.05) is 7.11 Å². The molecule has 0 bridgehead atoms. The van der Waals surface area contributed by atoms with Gasteiger partial charge in [0.1, 0.15) is 6.61 Å². The van der Waals surface area contributed by atoms with E-state index in [9.17, 15) is 9.59 Å². The van der Waals surface area contributed by atoms with Crippen LogP contribution in [0.5, 0.6) is 0 Å². The minimum Gasteiger partial charge on any atom is -0.465 e. The summed E-state index contributed by atoms with van der Waals surface area (Å²) in [6.45, 7) is 1.63. The van der Waals surface area contributed by atoms with E-state index in [-0.39, 0.29) is 18.5 Å². The summed E-state index contributed by atoms with van der Waals surface area (Å²) >= 11 is 0. The summed E-state index contributed by atoms with van der Waals surface area (Å²) in [6, 6.07) is 11.0. The summed E-state index contributed by atoms with van der Waals surface area (Å²) in [5.74, 6) is -0.660. The summed E-state index contributed by atoms with van der Waals surface area (Å²) in [6.07, 6.45) is 0. The van der Waals surface area contributed by atoms with E-state index in [4.69, 9.17) is 4.74 Å². The lowest BCUT2D eigenvalue weighted by Crippen LogP contribution is -2.01. The maximum absolute atomic E-state index is 11.4. The van der Waals surface area contributed by atoms with Crippen molar-refractivity contribution < 1.29 is 19.1 Å². The number of carbonyl (C=O) groups excluding carboxylic acids is 2. The Kier molecular flexibility index (Phi) is 3.80. The Morgan fingerprint density at radius 1 is 1.05 bits per heavy atom. The van der Waals surface area contributed by atoms with E-state index in [1.165, 1.54) is 14.0 Å². The molecule has 0 saturated carbocycles. The standard InChI is InChI=1S/C15H14O4/c1-10(16)19-9-11-3-4-13-8-14(15(17)18-2)6-5-12(13)7-11/h3-8H,9H2,1-2H3. The molecular weight excluding hydrogens is 244 g/mol. The molecule has 0 aromatic heterocycles. The molecule has 0 radical (unpaired) electrons. The molecule has 4 nitrogen and oxygen atoms in total. The van der Waals surface area contributed by atoms with Crippen LogP contribution in [0.25, 0.3) is 10.8 Å². The first kappa shape index (κ1) is 13.1. The smallest absolute Gasteiger partial charge is 0.337 e. The van der Waals surface area contributed by atoms with Gasteiger partial charge in [0.05, 0.1) is 12.7 Å². The average molecular weight is 258 g/mol. The van der Waals surface area contributed by atoms with E-state index in [0.29, 0.717) is 5.56 Å². The van der Waals surface area contributed by atoms with Gasteiger partial charge in [-0.1, -0.05) is 18.2 Å². The minimum atomic E-state index is -0.356. The lowest BCUT2D eigenvalue weighted by molar-refractivity contribution is -0.142. The average Bonchev–Trinajstić information content (AvgIpc) is 2.43. The van der Waals surface area contributed by atoms with Crippen LogP contribution < -0.4 is 0 Å². The molecule has 0 unspecified atom stereocenters. The van der Waals surface area contributed by atoms with Crippen LogP contribution in [0, 0.1) is 0 Å². The summed E-state index contributed by atoms with van der Waals surface area (Å²) < 4.78 is 9.62. The molecule has 4 heteroatoms. The third kappa shape index (κ3) is 3.10. The van der Waals surface area contributed by atoms with Crippen LogP contribution in [0.15, 0.2) is 36.4 Å². The van der Waals surface area contributed by atoms with Gasteiger partial charge in [-0.3, -0.25) is 4.79 Å². The van der Waals surface area contributed by atoms with Crippen molar-refractivity contribution in [1.29, 1.82) is 0 Å². The van der Waals surface area contributed by atoms with E-state index >= 15 is 0 Å². The predicted octanol–water partition coefficient (Wildman–Crippen LogP) is 2.69. The van der Waals surface area contributed by atoms with Gasteiger partial charge in [-0.2, -0.15) is 0 Å². The highest BCUT2D eigenvalue weighted by Gasteiger charge is 2.06. The molecule has 0 aliphatic rings. The SMILES string of the molecule is COC(=O)c1ccc2cc(COC(C)=O)ccc2c1. The van der Waals surface area contributed by atoms with Crippen LogP contribution in [0.4, 0.5) is 0 Å². The van der Waals surface area contributed by atoms with Crippen molar-refractivity contribution in [3.8, 4) is 0 Å². The summed E-state index contributed by atoms with van der Waals surface area (Å²) in [5, 5.41) is 1.92. The van der Waals surface area contributed by atoms with E-state index < -0.39 is 0 Å². The van der Waals surface area contributed by atoms with Gasteiger partial charge in [0.2, 0.25) is 0 Å². The molecule has 0 N–H and O–H groups in total. The molecule has 0 spiro atoms. The second kappa shape index (κ2) is 5.52. The van der Waals surface area contributed by atoms with Crippen LogP contribution in [0.3, 0.4) is 0 Å². The molecule has 0 atom stereocenters. The van der Waals surface area contributed by atoms with Gasteiger partial charge in [-0.25, -0.2) is 4.79 Å². The molecule has 2 rings (SSSR count). The van der Waals surface area contributed by atoms with Gasteiger partial charge >= 0.3 is 11.9 Å². The van der Waals surface area contributed by atoms with Crippen molar-refractivity contribution >= 4 is 22.7 Å². The Hall–Kier alpha value is -2.36. The van der Waals surface area contributed by atoms with Crippen molar-refractivity contribution in [3.63, 3.8) is 0 Å². The third-order valence-electron chi connectivity index (χ3n) is 2.77. The molecule has 2 aromatic carbocycles. The monoisotopic (exact) mass is 258 g/mol. The zero-order valence-electron chi connectivity index (χ0n) is 10.8. The largest absolute Gasteiger partial charge is 0.465 e. The normalized spacial score (nSPS) is 10.2. The number of methoxy groups -OCH3 is 1. The van der Waals surface area contributed by atoms with Gasteiger partial charge in [0.15, 0.2) is 0 Å². The van der Waals surface area contributed by atoms with Crippen molar-refractivity contribution in [2.45, 2.75) is 13.5 Å². The highest BCUT2D eigenvalue weighted by Crippen LogP contribution is 2.19. The number of carbonyl (C=O) groups is 2. The Labute approximate surface area is 110 Å². The predicted molar refractivity (Wildman–Crippen MR) is 70.8 cm³/mol. The quantitative estimate of drug-likeness (QED) is 0.794. The first-order chi connectivity index (χ1) is 9.10. The lowest BCUT2D eigenvalue weighted by Gasteiger charge is -2.05. The fourth-order valence-corrected chi connectivity index (χ4v) is 1.81. The van der Waals surface area contributed by atoms with E-state index in [0.717, 1.165) is 16.3 Å². The number of esters is 2. The third-order valence-corrected chi connectivity index (χ3v) is 2.77. The van der Waals surface area contributed by atoms with Gasteiger partial charge in [-0.15, -0.1) is 0 Å². The fraction of sp³-hybridized carbons (Fsp3) is 0.200. The van der Waals surface area contributed by atoms with Gasteiger partial charge < -0.3 is 9.47 Å². The van der Waals surface area contributed by atoms with E-state index in [1.807, 2.05) is 24.3 Å². The highest BCUT2D eigenvalue weighted by molar-refractivity contribution is 5.95. The molecule has 19 heavy (non-hydrogen) atoms. The number of benzene rings is 2. The second-order valence-corrected chi connectivity index (χ2v) is 4.17. The Morgan fingerprint density at radius 3 is 2.42 bits per heavy atom. The molecule has 0 saturated heterocycles. The van der Waals surface area contributed by atoms with Crippen LogP contribution in [-0.4, -0.2) is 19.0 Å². The highest BCUT2D eigenvalue weighted by atomic mass is 16.5. The topological polar surface area (TPSA) is 52.6 Å². The van der Waals surface area contributed by atoms with Gasteiger partial charge in [0.25, 0.3) is 0 Å². The fourth-order valence-electron chi connectivity index (χ4n) is 1.81. The molecular formula is C15H14O4. The molecule has 0 amide bonds. The number of ether oxygens (including phenoxy) is 2. The molecule has 0 aliphatic carbocycles. The summed E-state index contributed by atoms with van der Waals surface area (Å²) in [7, 11) is 1.36. The van der Waals surface area contributed by atoms with Crippen molar-refractivity contribution in [1.82, 2.24) is 0 Å². The van der Waals surface area contributed by atoms with E-state index in [2.05, 4.69) is 4.74 Å². The number of hydrogen-bond acceptors (Lipinski definition) is 4. The number of rotatable bonds is 3. The Bertz CT molecular complexity index is 631. The molecule has 0 heterocycles. The van der Waals surface area contributed by atoms with Crippen molar-refractivity contribution in [2.24, 2.45) is 0 Å². The summed E-state index contributed by atoms with van der Waals surface area (Å²) in [5.41, 5.74) is 1.43. The molecule has 2 aromatic rings. The van der Waals surface area contributed by atoms with Crippen LogP contribution in [0.1, 0.15) is 22.8 Å². The maximum atomic E-state index is 11.4. The second-order valence-electron chi connectivity index (χ2n) is 4.17. The lowest BCUT2D eigenvalue weighted by atomic mass is 10.0. The zero-order valence-corrected chi connectivity index (χ0v) is 10.8. The number of hydrogen-bond donors (Lipinski definition) is 0. The van der Waals surface area contributed by atoms with Crippen LogP contribution in [0.2, 0.25) is 0 Å². The number of fused-ring (bicyclic) bond motifs is 1. The molecule has 98 valence electrons. The Morgan fingerprint density at radius 2 is 1.74 bits per heavy atom. The van der Waals surface area contributed by atoms with E-state index in [1.54, 1.807) is 12.1 Å². The first-order valence-corrected chi connectivity index (χ1v) is 5.84. The van der Waals surface area contributed by atoms with Crippen LogP contribution in [-0.2, 0) is 20.9 Å². The van der Waals surface area contributed by atoms with Crippen molar-refractivity contribution in [3.05, 3.63) is 47.5 Å². The maximum Gasteiger partial charge on any atom is 0.337 e.